The lowest BCUT2D eigenvalue weighted by Gasteiger charge is -2.25. The van der Waals surface area contributed by atoms with Gasteiger partial charge in [-0.3, -0.25) is 14.0 Å². The lowest BCUT2D eigenvalue weighted by Crippen LogP contribution is -2.35. The van der Waals surface area contributed by atoms with E-state index < -0.39 is 79.2 Å². The Morgan fingerprint density at radius 3 is 2.18 bits per heavy atom. The first kappa shape index (κ1) is 43.8. The molecule has 0 spiro atoms. The molecule has 1 atom stereocenters. The van der Waals surface area contributed by atoms with Crippen molar-refractivity contribution in [3.8, 4) is 11.4 Å². The number of aromatic nitrogens is 4. The van der Waals surface area contributed by atoms with Gasteiger partial charge in [-0.1, -0.05) is 29.8 Å². The molecule has 0 radical (unpaired) electrons. The molecule has 2 heterocycles. The van der Waals surface area contributed by atoms with Gasteiger partial charge >= 0.3 is 6.09 Å². The van der Waals surface area contributed by atoms with Crippen molar-refractivity contribution in [3.05, 3.63) is 122 Å². The number of hydrogen-bond acceptors (Lipinski definition) is 9. The number of benzene rings is 4. The second-order valence-corrected chi connectivity index (χ2v) is 19.3. The molecule has 60 heavy (non-hydrogen) atoms. The Hall–Kier alpha value is -5.73. The standard InChI is InChI=1S/C39H37ClF4N6O8S2/c1-39(2,59(4,54)55)23-8-11-27-29(17-23)45-35(30(46-38(52)53)16-22-14-24(41)18-25(42)15-22)50(37(27)51)31-13-12-28(40)33-34(31)48(20-32(43)44)47-36(33)49(60(5,56)57)19-21-6-9-26(58-3)10-7-21/h6-15,17-18,30,32,46H,16,19-20H2,1-5H3,(H,52,53)/t30-/m0/s1. The van der Waals surface area contributed by atoms with Crippen LogP contribution in [0, 0.1) is 11.6 Å². The summed E-state index contributed by atoms with van der Waals surface area (Å²) in [5, 5.41) is 16.1. The molecule has 6 aromatic rings. The Bertz CT molecular complexity index is 2930. The smallest absolute Gasteiger partial charge is 0.405 e. The van der Waals surface area contributed by atoms with Crippen molar-refractivity contribution in [3.63, 3.8) is 0 Å². The second kappa shape index (κ2) is 16.4. The quantitative estimate of drug-likeness (QED) is 0.111. The predicted octanol–water partition coefficient (Wildman–Crippen LogP) is 6.74. The number of rotatable bonds is 14. The molecule has 0 aliphatic carbocycles. The molecule has 6 rings (SSSR count). The van der Waals surface area contributed by atoms with Gasteiger partial charge in [0.25, 0.3) is 12.0 Å². The number of nitrogens with zero attached hydrogens (tertiary/aromatic N) is 5. The molecule has 318 valence electrons. The average Bonchev–Trinajstić information content (AvgIpc) is 3.51. The van der Waals surface area contributed by atoms with Crippen LogP contribution >= 0.6 is 11.6 Å². The van der Waals surface area contributed by atoms with Crippen LogP contribution in [-0.2, 0) is 44.1 Å². The Kier molecular flexibility index (Phi) is 12.0. The zero-order chi connectivity index (χ0) is 44.1. The van der Waals surface area contributed by atoms with Crippen LogP contribution in [0.2, 0.25) is 5.02 Å². The van der Waals surface area contributed by atoms with Crippen molar-refractivity contribution < 1.29 is 49.0 Å². The van der Waals surface area contributed by atoms with Crippen LogP contribution in [0.5, 0.6) is 5.75 Å². The van der Waals surface area contributed by atoms with E-state index in [0.29, 0.717) is 17.4 Å². The van der Waals surface area contributed by atoms with Crippen molar-refractivity contribution in [1.29, 1.82) is 0 Å². The summed E-state index contributed by atoms with van der Waals surface area (Å²) in [6, 6.07) is 13.7. The monoisotopic (exact) mass is 892 g/mol. The van der Waals surface area contributed by atoms with Crippen LogP contribution in [0.15, 0.2) is 77.6 Å². The minimum absolute atomic E-state index is 0.0762. The van der Waals surface area contributed by atoms with Crippen LogP contribution in [0.1, 0.15) is 42.4 Å². The summed E-state index contributed by atoms with van der Waals surface area (Å²) in [5.74, 6) is -2.33. The van der Waals surface area contributed by atoms with Gasteiger partial charge in [-0.25, -0.2) is 48.5 Å². The van der Waals surface area contributed by atoms with Crippen LogP contribution in [0.4, 0.5) is 28.2 Å². The summed E-state index contributed by atoms with van der Waals surface area (Å²) in [7, 11) is -6.58. The second-order valence-electron chi connectivity index (χ2n) is 14.4. The molecule has 0 aliphatic rings. The molecule has 0 unspecified atom stereocenters. The Balaban J connectivity index is 1.72. The number of nitrogens with one attached hydrogen (secondary N) is 1. The number of carboxylic acid groups (broad SMARTS) is 1. The molecule has 0 fully saturated rings. The Morgan fingerprint density at radius 1 is 0.967 bits per heavy atom. The number of fused-ring (bicyclic) bond motifs is 2. The number of anilines is 1. The third-order valence-electron chi connectivity index (χ3n) is 9.97. The van der Waals surface area contributed by atoms with Crippen molar-refractivity contribution in [2.45, 2.75) is 50.6 Å². The van der Waals surface area contributed by atoms with Crippen molar-refractivity contribution in [2.75, 3.05) is 23.9 Å². The zero-order valence-electron chi connectivity index (χ0n) is 32.5. The van der Waals surface area contributed by atoms with Crippen LogP contribution in [0.25, 0.3) is 27.5 Å². The van der Waals surface area contributed by atoms with Crippen LogP contribution in [0.3, 0.4) is 0 Å². The van der Waals surface area contributed by atoms with Gasteiger partial charge in [0.15, 0.2) is 15.7 Å². The van der Waals surface area contributed by atoms with E-state index in [0.717, 1.165) is 38.2 Å². The van der Waals surface area contributed by atoms with Crippen LogP contribution < -0.4 is 19.9 Å². The molecule has 2 N–H and O–H groups in total. The van der Waals surface area contributed by atoms with E-state index in [1.54, 1.807) is 24.3 Å². The number of amides is 1. The van der Waals surface area contributed by atoms with Crippen molar-refractivity contribution in [2.24, 2.45) is 0 Å². The minimum atomic E-state index is -4.25. The van der Waals surface area contributed by atoms with E-state index in [2.05, 4.69) is 15.4 Å². The summed E-state index contributed by atoms with van der Waals surface area (Å²) >= 11 is 6.76. The number of alkyl halides is 2. The van der Waals surface area contributed by atoms with Gasteiger partial charge in [-0.15, -0.1) is 0 Å². The number of carbonyl (C=O) groups is 1. The van der Waals surface area contributed by atoms with Gasteiger partial charge in [0.1, 0.15) is 29.8 Å². The molecule has 14 nitrogen and oxygen atoms in total. The van der Waals surface area contributed by atoms with Gasteiger partial charge in [-0.2, -0.15) is 5.10 Å². The van der Waals surface area contributed by atoms with Crippen molar-refractivity contribution in [1.82, 2.24) is 24.6 Å². The van der Waals surface area contributed by atoms with E-state index in [1.165, 1.54) is 51.3 Å². The summed E-state index contributed by atoms with van der Waals surface area (Å²) in [4.78, 5) is 31.9. The SMILES string of the molecule is COc1ccc(CN(c2nn(CC(F)F)c3c(-n4c([C@H](Cc5cc(F)cc(F)c5)NC(=O)O)nc5cc(C(C)(C)S(C)(=O)=O)ccc5c4=O)ccc(Cl)c23)S(C)(=O)=O)cc1. The molecular formula is C39H37ClF4N6O8S2. The number of methoxy groups -OCH3 is 1. The van der Waals surface area contributed by atoms with E-state index in [9.17, 15) is 49.1 Å². The first-order valence-electron chi connectivity index (χ1n) is 17.8. The van der Waals surface area contributed by atoms with Crippen molar-refractivity contribution >= 4 is 65.2 Å². The van der Waals surface area contributed by atoms with Gasteiger partial charge in [-0.05, 0) is 79.1 Å². The highest BCUT2D eigenvalue weighted by Crippen LogP contribution is 2.39. The summed E-state index contributed by atoms with van der Waals surface area (Å²) in [6.07, 6.45) is -3.37. The maximum absolute atomic E-state index is 14.9. The average molecular weight is 893 g/mol. The number of sulfone groups is 1. The Morgan fingerprint density at radius 2 is 1.62 bits per heavy atom. The highest BCUT2D eigenvalue weighted by atomic mass is 35.5. The van der Waals surface area contributed by atoms with E-state index in [4.69, 9.17) is 16.3 Å². The van der Waals surface area contributed by atoms with Gasteiger partial charge in [0.2, 0.25) is 10.0 Å². The van der Waals surface area contributed by atoms with E-state index >= 15 is 0 Å². The highest BCUT2D eigenvalue weighted by molar-refractivity contribution is 7.92. The lowest BCUT2D eigenvalue weighted by molar-refractivity contribution is 0.123. The first-order chi connectivity index (χ1) is 28.0. The zero-order valence-corrected chi connectivity index (χ0v) is 34.8. The number of halogens is 5. The largest absolute Gasteiger partial charge is 0.497 e. The van der Waals surface area contributed by atoms with Crippen LogP contribution in [-0.4, -0.2) is 73.4 Å². The van der Waals surface area contributed by atoms with Gasteiger partial charge < -0.3 is 15.2 Å². The molecule has 21 heteroatoms. The molecule has 2 aromatic heterocycles. The molecule has 0 saturated carbocycles. The summed E-state index contributed by atoms with van der Waals surface area (Å²) < 4.78 is 116. The number of ether oxygens (including phenoxy) is 1. The number of hydrogen-bond donors (Lipinski definition) is 2. The molecule has 4 aromatic carbocycles. The molecule has 0 bridgehead atoms. The Labute approximate surface area is 345 Å². The molecule has 0 aliphatic heterocycles. The maximum atomic E-state index is 14.9. The fourth-order valence-electron chi connectivity index (χ4n) is 6.69. The lowest BCUT2D eigenvalue weighted by atomic mass is 10.00. The van der Waals surface area contributed by atoms with E-state index in [1.807, 2.05) is 0 Å². The third kappa shape index (κ3) is 8.76. The summed E-state index contributed by atoms with van der Waals surface area (Å²) in [5.41, 5.74) is -1.01. The predicted molar refractivity (Wildman–Crippen MR) is 217 cm³/mol. The minimum Gasteiger partial charge on any atom is -0.497 e. The van der Waals surface area contributed by atoms with Gasteiger partial charge in [0.05, 0.1) is 63.2 Å². The van der Waals surface area contributed by atoms with Gasteiger partial charge in [0, 0.05) is 18.7 Å². The highest BCUT2D eigenvalue weighted by Gasteiger charge is 2.34. The molecule has 0 saturated heterocycles. The topological polar surface area (TPSA) is 183 Å². The fourth-order valence-corrected chi connectivity index (χ4v) is 8.30. The van der Waals surface area contributed by atoms with E-state index in [-0.39, 0.29) is 56.0 Å². The molecular weight excluding hydrogens is 856 g/mol. The first-order valence-corrected chi connectivity index (χ1v) is 21.9. The third-order valence-corrected chi connectivity index (χ3v) is 13.5. The number of sulfonamides is 1. The fraction of sp³-hybridized carbons (Fsp3) is 0.282. The maximum Gasteiger partial charge on any atom is 0.405 e. The summed E-state index contributed by atoms with van der Waals surface area (Å²) in [6.45, 7) is 1.37. The normalized spacial score (nSPS) is 12.9. The molecule has 1 amide bonds.